The first-order chi connectivity index (χ1) is 6.41. The van der Waals surface area contributed by atoms with Crippen molar-refractivity contribution in [1.82, 2.24) is 0 Å². The largest absolute Gasteiger partial charge is 1.00 e. The van der Waals surface area contributed by atoms with Crippen molar-refractivity contribution in [2.45, 2.75) is 71.1 Å². The molecule has 0 saturated heterocycles. The first-order valence-electron chi connectivity index (χ1n) is 6.00. The van der Waals surface area contributed by atoms with Gasteiger partial charge >= 0.3 is 29.6 Å². The van der Waals surface area contributed by atoms with Gasteiger partial charge in [0.15, 0.2) is 0 Å². The number of hydrogen-bond donors (Lipinski definition) is 0. The van der Waals surface area contributed by atoms with Gasteiger partial charge in [0, 0.05) is 0 Å². The molecule has 0 saturated carbocycles. The van der Waals surface area contributed by atoms with Crippen LogP contribution >= 0.6 is 0 Å². The van der Waals surface area contributed by atoms with Crippen molar-refractivity contribution in [2.24, 2.45) is 0 Å². The van der Waals surface area contributed by atoms with Crippen molar-refractivity contribution >= 4 is 0 Å². The molecule has 0 aromatic rings. The normalized spacial score (nSPS) is 9.86. The summed E-state index contributed by atoms with van der Waals surface area (Å²) in [4.78, 5) is 0. The first kappa shape index (κ1) is 17.4. The number of hydrogen-bond acceptors (Lipinski definition) is 1. The minimum atomic E-state index is 0. The molecule has 0 amide bonds. The average molecular weight is 208 g/mol. The van der Waals surface area contributed by atoms with Crippen LogP contribution in [0.5, 0.6) is 0 Å². The molecule has 0 radical (unpaired) electrons. The monoisotopic (exact) mass is 208 g/mol. The quantitative estimate of drug-likeness (QED) is 0.373. The Kier molecular flexibility index (Phi) is 20.3. The molecule has 1 nitrogen and oxygen atoms in total. The fraction of sp³-hybridized carbons (Fsp3) is 1.00. The molecule has 0 bridgehead atoms. The molecule has 0 aliphatic rings. The van der Waals surface area contributed by atoms with Gasteiger partial charge in [-0.05, 0) is 0 Å². The number of unbranched alkanes of at least 4 members (excludes halogenated alkanes) is 9. The van der Waals surface area contributed by atoms with Gasteiger partial charge in [-0.1, -0.05) is 71.1 Å². The van der Waals surface area contributed by atoms with Crippen molar-refractivity contribution in [3.05, 3.63) is 0 Å². The molecule has 0 aromatic heterocycles. The maximum Gasteiger partial charge on any atom is 1.00 e. The zero-order chi connectivity index (χ0) is 9.78. The molecule has 0 atom stereocenters. The molecule has 80 valence electrons. The minimum absolute atomic E-state index is 0. The summed E-state index contributed by atoms with van der Waals surface area (Å²) in [6.07, 6.45) is 13.0. The Hall–Kier alpha value is 0.960. The van der Waals surface area contributed by atoms with Gasteiger partial charge in [-0.25, -0.2) is 0 Å². The summed E-state index contributed by atoms with van der Waals surface area (Å²) in [5, 5.41) is 10.1. The van der Waals surface area contributed by atoms with Crippen LogP contribution in [-0.4, -0.2) is 6.61 Å². The predicted molar refractivity (Wildman–Crippen MR) is 56.7 cm³/mol. The zero-order valence-electron chi connectivity index (χ0n) is 10.2. The summed E-state index contributed by atoms with van der Waals surface area (Å²) < 4.78 is 0. The third-order valence-corrected chi connectivity index (χ3v) is 2.50. The van der Waals surface area contributed by atoms with Crippen LogP contribution in [0.4, 0.5) is 0 Å². The van der Waals surface area contributed by atoms with E-state index in [1.54, 1.807) is 0 Å². The molecule has 0 unspecified atom stereocenters. The van der Waals surface area contributed by atoms with E-state index in [1.807, 2.05) is 0 Å². The molecule has 0 aliphatic heterocycles. The molecule has 0 heterocycles. The molecule has 0 aromatic carbocycles. The van der Waals surface area contributed by atoms with Crippen LogP contribution < -0.4 is 34.7 Å². The van der Waals surface area contributed by atoms with Crippen LogP contribution in [0.1, 0.15) is 71.1 Å². The van der Waals surface area contributed by atoms with Crippen molar-refractivity contribution in [2.75, 3.05) is 6.61 Å². The summed E-state index contributed by atoms with van der Waals surface area (Å²) >= 11 is 0. The summed E-state index contributed by atoms with van der Waals surface area (Å²) in [5.74, 6) is 0. The molecule has 0 fully saturated rings. The second-order valence-corrected chi connectivity index (χ2v) is 3.89. The predicted octanol–water partition coefficient (Wildman–Crippen LogP) is 0.272. The van der Waals surface area contributed by atoms with E-state index < -0.39 is 0 Å². The fourth-order valence-corrected chi connectivity index (χ4v) is 1.59. The van der Waals surface area contributed by atoms with E-state index in [0.717, 1.165) is 12.8 Å². The van der Waals surface area contributed by atoms with E-state index in [4.69, 9.17) is 0 Å². The van der Waals surface area contributed by atoms with E-state index in [-0.39, 0.29) is 36.2 Å². The van der Waals surface area contributed by atoms with E-state index in [1.165, 1.54) is 51.4 Å². The summed E-state index contributed by atoms with van der Waals surface area (Å²) in [5.41, 5.74) is 0. The summed E-state index contributed by atoms with van der Waals surface area (Å²) in [6.45, 7) is 2.37. The topological polar surface area (TPSA) is 23.1 Å². The molecule has 14 heavy (non-hydrogen) atoms. The fourth-order valence-electron chi connectivity index (χ4n) is 1.59. The van der Waals surface area contributed by atoms with Gasteiger partial charge in [-0.2, -0.15) is 0 Å². The Bertz CT molecular complexity index is 76.4. The van der Waals surface area contributed by atoms with Crippen LogP contribution in [-0.2, 0) is 0 Å². The van der Waals surface area contributed by atoms with Gasteiger partial charge in [0.1, 0.15) is 0 Å². The maximum atomic E-state index is 10.1. The van der Waals surface area contributed by atoms with Gasteiger partial charge in [-0.15, -0.1) is 6.61 Å². The Balaban J connectivity index is 0. The van der Waals surface area contributed by atoms with Crippen LogP contribution in [0.15, 0.2) is 0 Å². The van der Waals surface area contributed by atoms with Gasteiger partial charge in [0.05, 0.1) is 0 Å². The first-order valence-corrected chi connectivity index (χ1v) is 6.00. The van der Waals surface area contributed by atoms with Gasteiger partial charge in [-0.3, -0.25) is 0 Å². The van der Waals surface area contributed by atoms with E-state index in [0.29, 0.717) is 0 Å². The second-order valence-electron chi connectivity index (χ2n) is 3.89. The third kappa shape index (κ3) is 15.4. The van der Waals surface area contributed by atoms with Crippen molar-refractivity contribution in [3.8, 4) is 0 Å². The SMILES string of the molecule is CCCCCCCCCCCC[O-].[Na+]. The third-order valence-electron chi connectivity index (χ3n) is 2.50. The van der Waals surface area contributed by atoms with Gasteiger partial charge in [0.2, 0.25) is 0 Å². The van der Waals surface area contributed by atoms with Crippen molar-refractivity contribution in [1.29, 1.82) is 0 Å². The van der Waals surface area contributed by atoms with Crippen molar-refractivity contribution in [3.63, 3.8) is 0 Å². The van der Waals surface area contributed by atoms with Crippen LogP contribution in [0, 0.1) is 0 Å². The Labute approximate surface area is 112 Å². The van der Waals surface area contributed by atoms with Crippen LogP contribution in [0.25, 0.3) is 0 Å². The standard InChI is InChI=1S/C12H25O.Na/c1-2-3-4-5-6-7-8-9-10-11-12-13;/h2-12H2,1H3;/q-1;+1. The van der Waals surface area contributed by atoms with Crippen LogP contribution in [0.2, 0.25) is 0 Å². The van der Waals surface area contributed by atoms with Crippen LogP contribution in [0.3, 0.4) is 0 Å². The van der Waals surface area contributed by atoms with E-state index in [2.05, 4.69) is 6.92 Å². The molecule has 0 N–H and O–H groups in total. The van der Waals surface area contributed by atoms with E-state index in [9.17, 15) is 5.11 Å². The molecule has 0 spiro atoms. The van der Waals surface area contributed by atoms with Crippen molar-refractivity contribution < 1.29 is 34.7 Å². The molecular formula is C12H25NaO. The second kappa shape index (κ2) is 16.4. The smallest absolute Gasteiger partial charge is 0.854 e. The minimum Gasteiger partial charge on any atom is -0.854 e. The number of rotatable bonds is 10. The van der Waals surface area contributed by atoms with E-state index >= 15 is 0 Å². The Morgan fingerprint density at radius 3 is 1.36 bits per heavy atom. The van der Waals surface area contributed by atoms with Gasteiger partial charge in [0.25, 0.3) is 0 Å². The Morgan fingerprint density at radius 1 is 0.643 bits per heavy atom. The molecule has 0 rings (SSSR count). The summed E-state index contributed by atoms with van der Waals surface area (Å²) in [7, 11) is 0. The molecular weight excluding hydrogens is 183 g/mol. The average Bonchev–Trinajstić information content (AvgIpc) is 2.16. The molecule has 0 aliphatic carbocycles. The molecule has 2 heteroatoms. The van der Waals surface area contributed by atoms with Gasteiger partial charge < -0.3 is 5.11 Å². The Morgan fingerprint density at radius 2 is 1.00 bits per heavy atom. The summed E-state index contributed by atoms with van der Waals surface area (Å²) in [6, 6.07) is 0. The zero-order valence-corrected chi connectivity index (χ0v) is 12.2. The maximum absolute atomic E-state index is 10.1.